The van der Waals surface area contributed by atoms with Crippen LogP contribution in [0.4, 0.5) is 0 Å². The van der Waals surface area contributed by atoms with Crippen molar-refractivity contribution < 1.29 is 0 Å². The van der Waals surface area contributed by atoms with Crippen LogP contribution in [0.1, 0.15) is 29.7 Å². The van der Waals surface area contributed by atoms with Crippen molar-refractivity contribution in [2.45, 2.75) is 32.6 Å². The molecule has 0 atom stereocenters. The van der Waals surface area contributed by atoms with Gasteiger partial charge < -0.3 is 4.98 Å². The molecule has 0 amide bonds. The van der Waals surface area contributed by atoms with Gasteiger partial charge in [0, 0.05) is 29.9 Å². The predicted octanol–water partition coefficient (Wildman–Crippen LogP) is 3.40. The second kappa shape index (κ2) is 5.53. The molecule has 0 saturated carbocycles. The molecule has 0 saturated heterocycles. The summed E-state index contributed by atoms with van der Waals surface area (Å²) in [7, 11) is 0. The average molecular weight is 311 g/mol. The minimum Gasteiger partial charge on any atom is -0.361 e. The van der Waals surface area contributed by atoms with Gasteiger partial charge in [-0.25, -0.2) is 0 Å². The van der Waals surface area contributed by atoms with Crippen LogP contribution < -0.4 is 0 Å². The third-order valence-electron chi connectivity index (χ3n) is 3.85. The molecule has 4 aromatic rings. The average Bonchev–Trinajstić information content (AvgIpc) is 3.21. The Labute approximate surface area is 132 Å². The van der Waals surface area contributed by atoms with Crippen molar-refractivity contribution in [3.05, 3.63) is 46.9 Å². The number of aromatic amines is 1. The van der Waals surface area contributed by atoms with Gasteiger partial charge in [-0.3, -0.25) is 0 Å². The van der Waals surface area contributed by atoms with Gasteiger partial charge in [0.05, 0.1) is 0 Å². The fraction of sp³-hybridized carbons (Fsp3) is 0.312. The highest BCUT2D eigenvalue weighted by molar-refractivity contribution is 7.16. The van der Waals surface area contributed by atoms with E-state index in [9.17, 15) is 0 Å². The van der Waals surface area contributed by atoms with Crippen molar-refractivity contribution in [3.63, 3.8) is 0 Å². The van der Waals surface area contributed by atoms with Gasteiger partial charge in [-0.05, 0) is 24.5 Å². The molecular weight excluding hydrogens is 294 g/mol. The van der Waals surface area contributed by atoms with Crippen molar-refractivity contribution in [2.24, 2.45) is 0 Å². The van der Waals surface area contributed by atoms with Crippen LogP contribution in [0, 0.1) is 0 Å². The number of nitrogens with one attached hydrogen (secondary N) is 1. The van der Waals surface area contributed by atoms with Crippen LogP contribution >= 0.6 is 11.3 Å². The van der Waals surface area contributed by atoms with E-state index in [1.54, 1.807) is 11.3 Å². The highest BCUT2D eigenvalue weighted by atomic mass is 32.1. The van der Waals surface area contributed by atoms with Gasteiger partial charge in [-0.2, -0.15) is 9.61 Å². The number of para-hydroxylation sites is 1. The Bertz CT molecular complexity index is 917. The van der Waals surface area contributed by atoms with Crippen LogP contribution in [0.3, 0.4) is 0 Å². The normalized spacial score (nSPS) is 11.7. The zero-order valence-corrected chi connectivity index (χ0v) is 13.2. The number of rotatable bonds is 5. The third-order valence-corrected chi connectivity index (χ3v) is 4.81. The summed E-state index contributed by atoms with van der Waals surface area (Å²) in [6.45, 7) is 2.14. The van der Waals surface area contributed by atoms with Gasteiger partial charge in [0.2, 0.25) is 4.96 Å². The van der Waals surface area contributed by atoms with Gasteiger partial charge in [0.15, 0.2) is 5.82 Å². The zero-order valence-electron chi connectivity index (χ0n) is 12.4. The van der Waals surface area contributed by atoms with Crippen molar-refractivity contribution in [3.8, 4) is 0 Å². The Kier molecular flexibility index (Phi) is 3.38. The lowest BCUT2D eigenvalue weighted by Crippen LogP contribution is -1.97. The van der Waals surface area contributed by atoms with E-state index in [0.717, 1.165) is 41.5 Å². The number of aryl methyl sites for hydroxylation is 3. The molecule has 0 bridgehead atoms. The zero-order chi connectivity index (χ0) is 14.9. The number of benzene rings is 1. The quantitative estimate of drug-likeness (QED) is 0.614. The number of nitrogens with zero attached hydrogens (tertiary/aromatic N) is 4. The van der Waals surface area contributed by atoms with Crippen molar-refractivity contribution in [1.29, 1.82) is 0 Å². The van der Waals surface area contributed by atoms with Crippen molar-refractivity contribution >= 4 is 27.2 Å². The molecule has 0 unspecified atom stereocenters. The van der Waals surface area contributed by atoms with Crippen LogP contribution in [-0.2, 0) is 19.3 Å². The Hall–Kier alpha value is -2.21. The molecule has 0 aliphatic heterocycles. The minimum absolute atomic E-state index is 0.900. The molecule has 5 nitrogen and oxygen atoms in total. The molecule has 0 aliphatic rings. The topological polar surface area (TPSA) is 58.9 Å². The van der Waals surface area contributed by atoms with Gasteiger partial charge in [-0.15, -0.1) is 10.2 Å². The SMILES string of the molecule is CCCc1nnc2sc(CCc3c[nH]c4ccccc34)nn12. The first kappa shape index (κ1) is 13.5. The molecule has 3 heterocycles. The molecule has 1 N–H and O–H groups in total. The molecule has 3 aromatic heterocycles. The summed E-state index contributed by atoms with van der Waals surface area (Å²) in [5.74, 6) is 0.965. The molecule has 0 radical (unpaired) electrons. The van der Waals surface area contributed by atoms with Gasteiger partial charge in [0.1, 0.15) is 5.01 Å². The van der Waals surface area contributed by atoms with E-state index in [4.69, 9.17) is 0 Å². The van der Waals surface area contributed by atoms with E-state index >= 15 is 0 Å². The summed E-state index contributed by atoms with van der Waals surface area (Å²) >= 11 is 1.64. The number of hydrogen-bond donors (Lipinski definition) is 1. The molecule has 0 fully saturated rings. The molecule has 4 rings (SSSR count). The molecule has 6 heteroatoms. The van der Waals surface area contributed by atoms with Crippen molar-refractivity contribution in [1.82, 2.24) is 24.8 Å². The second-order valence-corrected chi connectivity index (χ2v) is 6.46. The summed E-state index contributed by atoms with van der Waals surface area (Å²) in [6.07, 6.45) is 6.00. The lowest BCUT2D eigenvalue weighted by atomic mass is 10.1. The molecule has 1 aromatic carbocycles. The highest BCUT2D eigenvalue weighted by Crippen LogP contribution is 2.21. The Morgan fingerprint density at radius 3 is 2.95 bits per heavy atom. The fourth-order valence-corrected chi connectivity index (χ4v) is 3.61. The summed E-state index contributed by atoms with van der Waals surface area (Å²) < 4.78 is 1.90. The fourth-order valence-electron chi connectivity index (χ4n) is 2.76. The smallest absolute Gasteiger partial charge is 0.234 e. The standard InChI is InChI=1S/C16H17N5S/c1-2-5-14-18-19-16-21(14)20-15(22-16)9-8-11-10-17-13-7-4-3-6-12(11)13/h3-4,6-7,10,17H,2,5,8-9H2,1H3. The van der Waals surface area contributed by atoms with E-state index in [1.807, 2.05) is 4.52 Å². The molecule has 22 heavy (non-hydrogen) atoms. The maximum atomic E-state index is 4.67. The summed E-state index contributed by atoms with van der Waals surface area (Å²) in [5, 5.41) is 15.5. The molecule has 0 spiro atoms. The number of hydrogen-bond acceptors (Lipinski definition) is 4. The molecule has 112 valence electrons. The molecule has 0 aliphatic carbocycles. The van der Waals surface area contributed by atoms with Crippen LogP contribution in [0.2, 0.25) is 0 Å². The van der Waals surface area contributed by atoms with E-state index < -0.39 is 0 Å². The summed E-state index contributed by atoms with van der Waals surface area (Å²) in [6, 6.07) is 8.42. The first-order valence-electron chi connectivity index (χ1n) is 7.60. The first-order valence-corrected chi connectivity index (χ1v) is 8.42. The lowest BCUT2D eigenvalue weighted by molar-refractivity contribution is 0.760. The predicted molar refractivity (Wildman–Crippen MR) is 88.4 cm³/mol. The molecular formula is C16H17N5S. The first-order chi connectivity index (χ1) is 10.8. The second-order valence-electron chi connectivity index (χ2n) is 5.42. The van der Waals surface area contributed by atoms with E-state index in [2.05, 4.69) is 57.7 Å². The Morgan fingerprint density at radius 2 is 2.05 bits per heavy atom. The summed E-state index contributed by atoms with van der Waals surface area (Å²) in [4.78, 5) is 4.23. The minimum atomic E-state index is 0.900. The van der Waals surface area contributed by atoms with Crippen LogP contribution in [0.25, 0.3) is 15.9 Å². The number of H-pyrrole nitrogens is 1. The largest absolute Gasteiger partial charge is 0.361 e. The Morgan fingerprint density at radius 1 is 1.14 bits per heavy atom. The van der Waals surface area contributed by atoms with Crippen LogP contribution in [0.15, 0.2) is 30.5 Å². The maximum absolute atomic E-state index is 4.67. The maximum Gasteiger partial charge on any atom is 0.234 e. The Balaban J connectivity index is 1.56. The monoisotopic (exact) mass is 311 g/mol. The third kappa shape index (κ3) is 2.29. The van der Waals surface area contributed by atoms with Crippen molar-refractivity contribution in [2.75, 3.05) is 0 Å². The van der Waals surface area contributed by atoms with Gasteiger partial charge in [0.25, 0.3) is 0 Å². The van der Waals surface area contributed by atoms with Crippen LogP contribution in [0.5, 0.6) is 0 Å². The van der Waals surface area contributed by atoms with E-state index in [-0.39, 0.29) is 0 Å². The van der Waals surface area contributed by atoms with E-state index in [0.29, 0.717) is 0 Å². The number of aromatic nitrogens is 5. The van der Waals surface area contributed by atoms with E-state index in [1.165, 1.54) is 16.5 Å². The highest BCUT2D eigenvalue weighted by Gasteiger charge is 2.11. The summed E-state index contributed by atoms with van der Waals surface area (Å²) in [5.41, 5.74) is 2.54. The number of fused-ring (bicyclic) bond motifs is 2. The van der Waals surface area contributed by atoms with Gasteiger partial charge >= 0.3 is 0 Å². The van der Waals surface area contributed by atoms with Crippen LogP contribution in [-0.4, -0.2) is 24.8 Å². The lowest BCUT2D eigenvalue weighted by Gasteiger charge is -1.97. The van der Waals surface area contributed by atoms with Gasteiger partial charge in [-0.1, -0.05) is 36.5 Å².